The van der Waals surface area contributed by atoms with E-state index in [1.807, 2.05) is 23.0 Å². The molecular formula is C25H26N8O2. The number of nitrogens with one attached hydrogen (secondary N) is 1. The number of aromatic nitrogens is 5. The van der Waals surface area contributed by atoms with Crippen molar-refractivity contribution in [2.45, 2.75) is 25.8 Å². The van der Waals surface area contributed by atoms with Crippen LogP contribution in [0.1, 0.15) is 45.3 Å². The monoisotopic (exact) mass is 470 g/mol. The summed E-state index contributed by atoms with van der Waals surface area (Å²) >= 11 is 0. The molecule has 35 heavy (non-hydrogen) atoms. The summed E-state index contributed by atoms with van der Waals surface area (Å²) in [6.45, 7) is 3.82. The molecule has 0 bridgehead atoms. The smallest absolute Gasteiger partial charge is 0.267 e. The Labute approximate surface area is 202 Å². The molecule has 2 amide bonds. The lowest BCUT2D eigenvalue weighted by molar-refractivity contribution is 0.0989. The molecule has 4 aromatic rings. The molecule has 178 valence electrons. The van der Waals surface area contributed by atoms with Gasteiger partial charge in [-0.2, -0.15) is 5.10 Å². The van der Waals surface area contributed by atoms with Crippen LogP contribution in [0.3, 0.4) is 0 Å². The van der Waals surface area contributed by atoms with Gasteiger partial charge < -0.3 is 16.0 Å². The third-order valence-electron chi connectivity index (χ3n) is 6.35. The summed E-state index contributed by atoms with van der Waals surface area (Å²) in [5, 5.41) is 8.22. The number of hydrogen-bond donors (Lipinski definition) is 2. The lowest BCUT2D eigenvalue weighted by Crippen LogP contribution is -2.31. The molecule has 3 N–H and O–H groups in total. The van der Waals surface area contributed by atoms with Crippen molar-refractivity contribution >= 4 is 28.5 Å². The molecule has 1 saturated heterocycles. The topological polar surface area (TPSA) is 132 Å². The maximum absolute atomic E-state index is 12.7. The second-order valence-electron chi connectivity index (χ2n) is 8.91. The number of primary amides is 1. The van der Waals surface area contributed by atoms with Crippen molar-refractivity contribution in [1.82, 2.24) is 29.6 Å². The number of fused-ring (bicyclic) bond motifs is 1. The molecule has 1 fully saturated rings. The summed E-state index contributed by atoms with van der Waals surface area (Å²) in [5.74, 6) is -0.658. The van der Waals surface area contributed by atoms with Crippen LogP contribution in [-0.4, -0.2) is 61.6 Å². The first-order valence-electron chi connectivity index (χ1n) is 11.4. The molecule has 0 radical (unpaired) electrons. The third kappa shape index (κ3) is 4.73. The molecule has 1 aliphatic heterocycles. The summed E-state index contributed by atoms with van der Waals surface area (Å²) in [5.41, 5.74) is 8.73. The number of rotatable bonds is 5. The van der Waals surface area contributed by atoms with Gasteiger partial charge in [0.05, 0.1) is 29.0 Å². The van der Waals surface area contributed by atoms with Crippen molar-refractivity contribution in [3.05, 3.63) is 65.9 Å². The van der Waals surface area contributed by atoms with Gasteiger partial charge in [0.15, 0.2) is 0 Å². The zero-order valence-corrected chi connectivity index (χ0v) is 19.6. The summed E-state index contributed by atoms with van der Waals surface area (Å²) in [6.07, 6.45) is 9.06. The van der Waals surface area contributed by atoms with Gasteiger partial charge in [0.2, 0.25) is 0 Å². The molecule has 10 heteroatoms. The van der Waals surface area contributed by atoms with Gasteiger partial charge >= 0.3 is 0 Å². The van der Waals surface area contributed by atoms with E-state index in [1.54, 1.807) is 25.3 Å². The number of aryl methyl sites for hydroxylation is 1. The summed E-state index contributed by atoms with van der Waals surface area (Å²) in [6, 6.07) is 7.62. The van der Waals surface area contributed by atoms with E-state index >= 15 is 0 Å². The number of likely N-dealkylation sites (tertiary alicyclic amines) is 1. The van der Waals surface area contributed by atoms with Crippen LogP contribution in [0.2, 0.25) is 0 Å². The van der Waals surface area contributed by atoms with Gasteiger partial charge in [0.25, 0.3) is 11.8 Å². The van der Waals surface area contributed by atoms with Crippen molar-refractivity contribution in [2.24, 2.45) is 5.73 Å². The van der Waals surface area contributed by atoms with Crippen LogP contribution in [0.4, 0.5) is 5.82 Å². The lowest BCUT2D eigenvalue weighted by atomic mass is 10.1. The van der Waals surface area contributed by atoms with Crippen molar-refractivity contribution < 1.29 is 9.59 Å². The number of nitrogens with zero attached hydrogens (tertiary/aromatic N) is 6. The van der Waals surface area contributed by atoms with Crippen LogP contribution in [-0.2, 0) is 0 Å². The SMILES string of the molecule is Cc1cc(C(=O)Nc2cc3nc(-c4cnn(C5CCN(C)CC5)c4)ccc3cn2)cnc1C(N)=O. The minimum atomic E-state index is -0.635. The molecule has 4 aromatic heterocycles. The Balaban J connectivity index is 1.35. The van der Waals surface area contributed by atoms with Gasteiger partial charge in [0.1, 0.15) is 11.5 Å². The Hall–Kier alpha value is -4.18. The van der Waals surface area contributed by atoms with E-state index in [2.05, 4.69) is 38.5 Å². The minimum absolute atomic E-state index is 0.140. The highest BCUT2D eigenvalue weighted by Gasteiger charge is 2.19. The first kappa shape index (κ1) is 22.6. The molecule has 5 rings (SSSR count). The maximum atomic E-state index is 12.7. The van der Waals surface area contributed by atoms with Crippen LogP contribution < -0.4 is 11.1 Å². The predicted octanol–water partition coefficient (Wildman–Crippen LogP) is 2.81. The quantitative estimate of drug-likeness (QED) is 0.458. The maximum Gasteiger partial charge on any atom is 0.267 e. The Kier molecular flexibility index (Phi) is 5.96. The van der Waals surface area contributed by atoms with E-state index in [-0.39, 0.29) is 11.6 Å². The summed E-state index contributed by atoms with van der Waals surface area (Å²) in [7, 11) is 2.15. The Morgan fingerprint density at radius 3 is 2.63 bits per heavy atom. The number of pyridine rings is 3. The fraction of sp³-hybridized carbons (Fsp3) is 0.280. The van der Waals surface area contributed by atoms with E-state index < -0.39 is 5.91 Å². The van der Waals surface area contributed by atoms with Gasteiger partial charge in [-0.15, -0.1) is 0 Å². The molecule has 0 spiro atoms. The first-order chi connectivity index (χ1) is 16.9. The molecule has 0 saturated carbocycles. The van der Waals surface area contributed by atoms with E-state index in [0.717, 1.165) is 42.6 Å². The van der Waals surface area contributed by atoms with E-state index in [9.17, 15) is 9.59 Å². The van der Waals surface area contributed by atoms with Crippen molar-refractivity contribution in [3.8, 4) is 11.3 Å². The van der Waals surface area contributed by atoms with Crippen LogP contribution in [0, 0.1) is 6.92 Å². The third-order valence-corrected chi connectivity index (χ3v) is 6.35. The molecule has 0 atom stereocenters. The van der Waals surface area contributed by atoms with E-state index in [0.29, 0.717) is 28.5 Å². The summed E-state index contributed by atoms with van der Waals surface area (Å²) < 4.78 is 2.05. The molecule has 1 aliphatic rings. The second-order valence-corrected chi connectivity index (χ2v) is 8.91. The standard InChI is InChI=1S/C25H26N8O2/c1-15-9-17(12-28-23(15)24(26)34)25(35)31-22-10-21-16(11-27-22)3-4-20(30-21)18-13-29-33(14-18)19-5-7-32(2)8-6-19/h3-4,9-14,19H,5-8H2,1-2H3,(H2,26,34)(H,27,31,35). The van der Waals surface area contributed by atoms with Gasteiger partial charge in [-0.25, -0.2) is 15.0 Å². The highest BCUT2D eigenvalue weighted by Crippen LogP contribution is 2.26. The first-order valence-corrected chi connectivity index (χ1v) is 11.4. The number of carbonyl (C=O) groups excluding carboxylic acids is 2. The molecule has 0 aliphatic carbocycles. The molecule has 10 nitrogen and oxygen atoms in total. The van der Waals surface area contributed by atoms with Crippen molar-refractivity contribution in [2.75, 3.05) is 25.5 Å². The number of anilines is 1. The fourth-order valence-electron chi connectivity index (χ4n) is 4.32. The second kappa shape index (κ2) is 9.22. The Morgan fingerprint density at radius 1 is 1.09 bits per heavy atom. The van der Waals surface area contributed by atoms with E-state index in [1.165, 1.54) is 6.20 Å². The minimum Gasteiger partial charge on any atom is -0.364 e. The summed E-state index contributed by atoms with van der Waals surface area (Å²) in [4.78, 5) is 39.5. The van der Waals surface area contributed by atoms with Gasteiger partial charge in [-0.05, 0) is 63.7 Å². The zero-order chi connectivity index (χ0) is 24.5. The van der Waals surface area contributed by atoms with Gasteiger partial charge in [-0.1, -0.05) is 0 Å². The molecule has 0 aromatic carbocycles. The molecule has 5 heterocycles. The Bertz CT molecular complexity index is 1420. The van der Waals surface area contributed by atoms with Crippen LogP contribution in [0.25, 0.3) is 22.2 Å². The number of carbonyl (C=O) groups is 2. The van der Waals surface area contributed by atoms with E-state index in [4.69, 9.17) is 10.7 Å². The van der Waals surface area contributed by atoms with Crippen LogP contribution >= 0.6 is 0 Å². The number of piperidine rings is 1. The average Bonchev–Trinajstić information content (AvgIpc) is 3.34. The van der Waals surface area contributed by atoms with Crippen LogP contribution in [0.5, 0.6) is 0 Å². The number of nitrogens with two attached hydrogens (primary N) is 1. The number of hydrogen-bond acceptors (Lipinski definition) is 7. The van der Waals surface area contributed by atoms with Crippen molar-refractivity contribution in [3.63, 3.8) is 0 Å². The zero-order valence-electron chi connectivity index (χ0n) is 19.6. The predicted molar refractivity (Wildman–Crippen MR) is 132 cm³/mol. The molecule has 0 unspecified atom stereocenters. The van der Waals surface area contributed by atoms with Gasteiger partial charge in [0, 0.05) is 35.6 Å². The fourth-order valence-corrected chi connectivity index (χ4v) is 4.32. The van der Waals surface area contributed by atoms with Gasteiger partial charge in [-0.3, -0.25) is 14.3 Å². The highest BCUT2D eigenvalue weighted by atomic mass is 16.2. The molecular weight excluding hydrogens is 444 g/mol. The lowest BCUT2D eigenvalue weighted by Gasteiger charge is -2.28. The van der Waals surface area contributed by atoms with Crippen molar-refractivity contribution in [1.29, 1.82) is 0 Å². The normalized spacial score (nSPS) is 14.8. The highest BCUT2D eigenvalue weighted by molar-refractivity contribution is 6.05. The number of amides is 2. The average molecular weight is 471 g/mol. The Morgan fingerprint density at radius 2 is 1.89 bits per heavy atom. The van der Waals surface area contributed by atoms with Crippen LogP contribution in [0.15, 0.2) is 49.1 Å². The largest absolute Gasteiger partial charge is 0.364 e.